The average Bonchev–Trinajstić information content (AvgIpc) is 2.66. The number of aryl methyl sites for hydroxylation is 1. The number of aliphatic carboxylic acids is 1. The number of benzene rings is 3. The normalized spacial score (nSPS) is 10.8. The molecular weight excluding hydrogens is 324 g/mol. The molecule has 0 spiro atoms. The molecule has 3 rings (SSSR count). The fourth-order valence-corrected chi connectivity index (χ4v) is 3.12. The van der Waals surface area contributed by atoms with Gasteiger partial charge in [0.25, 0.3) is 0 Å². The van der Waals surface area contributed by atoms with Crippen LogP contribution in [0.5, 0.6) is 5.75 Å². The van der Waals surface area contributed by atoms with Crippen molar-refractivity contribution in [1.29, 1.82) is 0 Å². The number of hydrogen-bond donors (Lipinski definition) is 1. The number of rotatable bonds is 9. The minimum Gasteiger partial charge on any atom is -0.493 e. The predicted molar refractivity (Wildman–Crippen MR) is 105 cm³/mol. The van der Waals surface area contributed by atoms with Crippen molar-refractivity contribution in [2.24, 2.45) is 0 Å². The Kier molecular flexibility index (Phi) is 6.26. The Morgan fingerprint density at radius 2 is 1.62 bits per heavy atom. The Hall–Kier alpha value is -2.81. The fourth-order valence-electron chi connectivity index (χ4n) is 3.12. The first-order chi connectivity index (χ1) is 12.7. The molecule has 0 radical (unpaired) electrons. The van der Waals surface area contributed by atoms with Gasteiger partial charge in [0.05, 0.1) is 6.61 Å². The monoisotopic (exact) mass is 348 g/mol. The quantitative estimate of drug-likeness (QED) is 0.537. The lowest BCUT2D eigenvalue weighted by atomic mass is 10.1. The van der Waals surface area contributed by atoms with Crippen molar-refractivity contribution in [2.75, 3.05) is 6.61 Å². The van der Waals surface area contributed by atoms with E-state index in [2.05, 4.69) is 48.5 Å². The molecule has 0 aliphatic carbocycles. The van der Waals surface area contributed by atoms with Crippen LogP contribution in [0.4, 0.5) is 0 Å². The third-order valence-corrected chi connectivity index (χ3v) is 4.52. The molecule has 0 saturated heterocycles. The number of carboxylic acids is 1. The summed E-state index contributed by atoms with van der Waals surface area (Å²) < 4.78 is 6.01. The molecule has 1 N–H and O–H groups in total. The van der Waals surface area contributed by atoms with Gasteiger partial charge < -0.3 is 9.84 Å². The lowest BCUT2D eigenvalue weighted by molar-refractivity contribution is -0.137. The van der Waals surface area contributed by atoms with Gasteiger partial charge in [-0.05, 0) is 47.2 Å². The zero-order valence-electron chi connectivity index (χ0n) is 14.9. The summed E-state index contributed by atoms with van der Waals surface area (Å²) in [5, 5.41) is 11.2. The summed E-state index contributed by atoms with van der Waals surface area (Å²) in [7, 11) is 0. The van der Waals surface area contributed by atoms with Crippen molar-refractivity contribution in [3.05, 3.63) is 77.9 Å². The van der Waals surface area contributed by atoms with Crippen molar-refractivity contribution in [1.82, 2.24) is 0 Å². The number of para-hydroxylation sites is 1. The van der Waals surface area contributed by atoms with E-state index in [0.29, 0.717) is 13.0 Å². The van der Waals surface area contributed by atoms with E-state index in [4.69, 9.17) is 9.84 Å². The molecule has 26 heavy (non-hydrogen) atoms. The molecule has 0 aliphatic rings. The van der Waals surface area contributed by atoms with Crippen LogP contribution in [0.3, 0.4) is 0 Å². The molecule has 0 fully saturated rings. The van der Waals surface area contributed by atoms with Crippen LogP contribution in [0.15, 0.2) is 66.7 Å². The van der Waals surface area contributed by atoms with Gasteiger partial charge in [0.2, 0.25) is 0 Å². The second kappa shape index (κ2) is 9.04. The molecule has 134 valence electrons. The van der Waals surface area contributed by atoms with Gasteiger partial charge in [-0.3, -0.25) is 4.79 Å². The Balaban J connectivity index is 1.54. The third kappa shape index (κ3) is 5.09. The summed E-state index contributed by atoms with van der Waals surface area (Å²) in [5.74, 6) is 0.175. The summed E-state index contributed by atoms with van der Waals surface area (Å²) in [6.07, 6.45) is 3.49. The topological polar surface area (TPSA) is 46.5 Å². The summed E-state index contributed by atoms with van der Waals surface area (Å²) in [4.78, 5) is 10.6. The summed E-state index contributed by atoms with van der Waals surface area (Å²) in [6.45, 7) is 0.629. The number of carbonyl (C=O) groups is 1. The average molecular weight is 348 g/mol. The molecule has 3 aromatic carbocycles. The molecule has 0 atom stereocenters. The number of hydrogen-bond acceptors (Lipinski definition) is 2. The van der Waals surface area contributed by atoms with Crippen molar-refractivity contribution >= 4 is 16.7 Å². The van der Waals surface area contributed by atoms with E-state index >= 15 is 0 Å². The maximum Gasteiger partial charge on any atom is 0.303 e. The second-order valence-corrected chi connectivity index (χ2v) is 6.49. The largest absolute Gasteiger partial charge is 0.493 e. The van der Waals surface area contributed by atoms with Crippen LogP contribution in [0.2, 0.25) is 0 Å². The summed E-state index contributed by atoms with van der Waals surface area (Å²) in [5.41, 5.74) is 2.42. The highest BCUT2D eigenvalue weighted by atomic mass is 16.5. The van der Waals surface area contributed by atoms with Crippen LogP contribution in [0, 0.1) is 0 Å². The third-order valence-electron chi connectivity index (χ3n) is 4.52. The first-order valence-electron chi connectivity index (χ1n) is 9.12. The maximum absolute atomic E-state index is 10.6. The minimum atomic E-state index is -0.732. The molecule has 0 heterocycles. The van der Waals surface area contributed by atoms with Crippen LogP contribution in [0.25, 0.3) is 10.8 Å². The zero-order valence-corrected chi connectivity index (χ0v) is 14.9. The van der Waals surface area contributed by atoms with Crippen LogP contribution >= 0.6 is 0 Å². The van der Waals surface area contributed by atoms with E-state index in [1.807, 2.05) is 18.2 Å². The van der Waals surface area contributed by atoms with E-state index in [0.717, 1.165) is 30.6 Å². The fraction of sp³-hybridized carbons (Fsp3) is 0.261. The standard InChI is InChI=1S/C23H24O3/c24-23(25)12-6-4-9-20-8-3-5-11-22(20)26-16-15-18-13-14-19-7-1-2-10-21(19)17-18/h1-3,5,7-8,10-11,13-14,17H,4,6,9,12,15-16H2,(H,24,25). The van der Waals surface area contributed by atoms with Gasteiger partial charge >= 0.3 is 5.97 Å². The van der Waals surface area contributed by atoms with Gasteiger partial charge in [-0.15, -0.1) is 0 Å². The van der Waals surface area contributed by atoms with E-state index in [-0.39, 0.29) is 6.42 Å². The van der Waals surface area contributed by atoms with Gasteiger partial charge in [-0.1, -0.05) is 60.7 Å². The van der Waals surface area contributed by atoms with E-state index in [1.165, 1.54) is 16.3 Å². The Bertz CT molecular complexity index is 870. The lowest BCUT2D eigenvalue weighted by Crippen LogP contribution is -2.04. The van der Waals surface area contributed by atoms with Crippen LogP contribution < -0.4 is 4.74 Å². The molecule has 3 heteroatoms. The predicted octanol–water partition coefficient (Wildman–Crippen LogP) is 5.26. The Labute approximate surface area is 154 Å². The molecule has 0 saturated carbocycles. The van der Waals surface area contributed by atoms with Gasteiger partial charge in [-0.2, -0.15) is 0 Å². The van der Waals surface area contributed by atoms with Gasteiger partial charge in [0, 0.05) is 12.8 Å². The first-order valence-corrected chi connectivity index (χ1v) is 9.12. The minimum absolute atomic E-state index is 0.227. The highest BCUT2D eigenvalue weighted by molar-refractivity contribution is 5.82. The molecule has 0 unspecified atom stereocenters. The maximum atomic E-state index is 10.6. The molecule has 3 nitrogen and oxygen atoms in total. The van der Waals surface area contributed by atoms with Crippen LogP contribution in [-0.4, -0.2) is 17.7 Å². The number of fused-ring (bicyclic) bond motifs is 1. The van der Waals surface area contributed by atoms with Crippen LogP contribution in [0.1, 0.15) is 30.4 Å². The molecular formula is C23H24O3. The van der Waals surface area contributed by atoms with Gasteiger partial charge in [0.1, 0.15) is 5.75 Å². The summed E-state index contributed by atoms with van der Waals surface area (Å²) >= 11 is 0. The molecule has 0 aliphatic heterocycles. The molecule has 3 aromatic rings. The first kappa shape index (κ1) is 18.0. The van der Waals surface area contributed by atoms with Crippen molar-refractivity contribution < 1.29 is 14.6 Å². The van der Waals surface area contributed by atoms with E-state index in [9.17, 15) is 4.79 Å². The van der Waals surface area contributed by atoms with Crippen molar-refractivity contribution in [2.45, 2.75) is 32.1 Å². The zero-order chi connectivity index (χ0) is 18.2. The number of carboxylic acid groups (broad SMARTS) is 1. The van der Waals surface area contributed by atoms with E-state index in [1.54, 1.807) is 0 Å². The smallest absolute Gasteiger partial charge is 0.303 e. The molecule has 0 aromatic heterocycles. The van der Waals surface area contributed by atoms with E-state index < -0.39 is 5.97 Å². The van der Waals surface area contributed by atoms with Crippen LogP contribution in [-0.2, 0) is 17.6 Å². The lowest BCUT2D eigenvalue weighted by Gasteiger charge is -2.12. The van der Waals surface area contributed by atoms with Gasteiger partial charge in [-0.25, -0.2) is 0 Å². The number of unbranched alkanes of at least 4 members (excludes halogenated alkanes) is 1. The number of ether oxygens (including phenoxy) is 1. The second-order valence-electron chi connectivity index (χ2n) is 6.49. The van der Waals surface area contributed by atoms with Gasteiger partial charge in [0.15, 0.2) is 0 Å². The summed E-state index contributed by atoms with van der Waals surface area (Å²) in [6, 6.07) is 22.9. The molecule has 0 bridgehead atoms. The van der Waals surface area contributed by atoms with Crippen molar-refractivity contribution in [3.63, 3.8) is 0 Å². The Morgan fingerprint density at radius 3 is 2.46 bits per heavy atom. The highest BCUT2D eigenvalue weighted by Crippen LogP contribution is 2.21. The SMILES string of the molecule is O=C(O)CCCCc1ccccc1OCCc1ccc2ccccc2c1. The Morgan fingerprint density at radius 1 is 0.846 bits per heavy atom. The highest BCUT2D eigenvalue weighted by Gasteiger charge is 2.05. The molecule has 0 amide bonds. The van der Waals surface area contributed by atoms with Crippen molar-refractivity contribution in [3.8, 4) is 5.75 Å².